The summed E-state index contributed by atoms with van der Waals surface area (Å²) < 4.78 is 6.35. The minimum Gasteiger partial charge on any atom is -0.449 e. The number of carbonyl (C=O) groups is 1. The number of cyclic esters (lactones) is 1. The number of hydrogen-bond donors (Lipinski definition) is 0. The molecule has 5 rings (SSSR count). The third-order valence-electron chi connectivity index (χ3n) is 6.55. The largest absolute Gasteiger partial charge is 0.449 e. The Kier molecular flexibility index (Phi) is 3.03. The molecule has 2 aromatic rings. The Morgan fingerprint density at radius 1 is 0.880 bits per heavy atom. The Balaban J connectivity index is 1.82. The lowest BCUT2D eigenvalue weighted by molar-refractivity contribution is -0.150. The molecule has 0 amide bonds. The number of allylic oxidation sites excluding steroid dienone is 2. The maximum Gasteiger partial charge on any atom is 0.311 e. The van der Waals surface area contributed by atoms with Gasteiger partial charge >= 0.3 is 5.97 Å². The predicted octanol–water partition coefficient (Wildman–Crippen LogP) is 4.54. The van der Waals surface area contributed by atoms with Crippen LogP contribution in [-0.2, 0) is 15.1 Å². The summed E-state index contributed by atoms with van der Waals surface area (Å²) in [6, 6.07) is 16.8. The smallest absolute Gasteiger partial charge is 0.311 e. The molecular weight excluding hydrogens is 308 g/mol. The van der Waals surface area contributed by atoms with Crippen molar-refractivity contribution in [1.82, 2.24) is 0 Å². The molecule has 126 valence electrons. The van der Waals surface area contributed by atoms with Crippen molar-refractivity contribution in [3.05, 3.63) is 82.9 Å². The average Bonchev–Trinajstić information content (AvgIpc) is 3.29. The van der Waals surface area contributed by atoms with E-state index in [0.717, 1.165) is 17.5 Å². The van der Waals surface area contributed by atoms with E-state index < -0.39 is 5.60 Å². The molecule has 2 nitrogen and oxygen atoms in total. The van der Waals surface area contributed by atoms with Gasteiger partial charge in [0.1, 0.15) is 0 Å². The van der Waals surface area contributed by atoms with Crippen molar-refractivity contribution < 1.29 is 9.53 Å². The summed E-state index contributed by atoms with van der Waals surface area (Å²) >= 11 is 0. The summed E-state index contributed by atoms with van der Waals surface area (Å²) in [5, 5.41) is 0. The molecule has 1 saturated heterocycles. The van der Waals surface area contributed by atoms with Gasteiger partial charge in [0, 0.05) is 17.0 Å². The first-order valence-corrected chi connectivity index (χ1v) is 9.16. The number of benzene rings is 2. The van der Waals surface area contributed by atoms with Crippen molar-refractivity contribution in [3.8, 4) is 0 Å². The molecule has 0 unspecified atom stereocenters. The van der Waals surface area contributed by atoms with Gasteiger partial charge in [-0.05, 0) is 43.2 Å². The molecule has 2 aliphatic carbocycles. The van der Waals surface area contributed by atoms with E-state index in [1.807, 2.05) is 0 Å². The van der Waals surface area contributed by atoms with Crippen LogP contribution in [0, 0.1) is 37.5 Å². The molecule has 0 spiro atoms. The Morgan fingerprint density at radius 2 is 1.44 bits per heavy atom. The van der Waals surface area contributed by atoms with E-state index in [9.17, 15) is 4.79 Å². The zero-order chi connectivity index (χ0) is 17.2. The Morgan fingerprint density at radius 3 is 2.04 bits per heavy atom. The van der Waals surface area contributed by atoms with Crippen LogP contribution in [0.2, 0.25) is 0 Å². The Hall–Kier alpha value is -2.35. The highest BCUT2D eigenvalue weighted by atomic mass is 16.6. The highest BCUT2D eigenvalue weighted by Crippen LogP contribution is 2.63. The second-order valence-electron chi connectivity index (χ2n) is 7.79. The lowest BCUT2D eigenvalue weighted by Gasteiger charge is -2.38. The first-order chi connectivity index (χ1) is 12.1. The molecule has 0 N–H and O–H groups in total. The van der Waals surface area contributed by atoms with Gasteiger partial charge in [0.05, 0.1) is 5.92 Å². The molecule has 2 fully saturated rings. The first kappa shape index (κ1) is 14.9. The third kappa shape index (κ3) is 1.83. The zero-order valence-electron chi connectivity index (χ0n) is 14.6. The Bertz CT molecular complexity index is 849. The van der Waals surface area contributed by atoms with Gasteiger partial charge in [-0.3, -0.25) is 4.79 Å². The third-order valence-corrected chi connectivity index (χ3v) is 6.55. The molecule has 2 bridgehead atoms. The summed E-state index contributed by atoms with van der Waals surface area (Å²) in [5.41, 5.74) is 4.00. The summed E-state index contributed by atoms with van der Waals surface area (Å²) in [4.78, 5) is 13.0. The average molecular weight is 330 g/mol. The highest BCUT2D eigenvalue weighted by Gasteiger charge is 2.66. The van der Waals surface area contributed by atoms with Crippen LogP contribution in [0.4, 0.5) is 0 Å². The van der Waals surface area contributed by atoms with Gasteiger partial charge in [-0.1, -0.05) is 60.7 Å². The maximum atomic E-state index is 13.0. The zero-order valence-corrected chi connectivity index (χ0v) is 14.6. The molecule has 4 atom stereocenters. The molecule has 0 radical (unpaired) electrons. The number of rotatable bonds is 2. The fourth-order valence-electron chi connectivity index (χ4n) is 5.59. The summed E-state index contributed by atoms with van der Waals surface area (Å²) in [5.74, 6) is 0.929. The lowest BCUT2D eigenvalue weighted by Crippen LogP contribution is -2.39. The summed E-state index contributed by atoms with van der Waals surface area (Å²) in [6.07, 6.45) is 5.64. The Labute approximate surface area is 148 Å². The number of aryl methyl sites for hydroxylation is 2. The van der Waals surface area contributed by atoms with E-state index >= 15 is 0 Å². The number of hydrogen-bond acceptors (Lipinski definition) is 2. The van der Waals surface area contributed by atoms with E-state index in [0.29, 0.717) is 11.8 Å². The lowest BCUT2D eigenvalue weighted by atomic mass is 9.67. The molecule has 0 aromatic heterocycles. The quantitative estimate of drug-likeness (QED) is 0.597. The topological polar surface area (TPSA) is 26.3 Å². The van der Waals surface area contributed by atoms with Crippen molar-refractivity contribution in [3.63, 3.8) is 0 Å². The monoisotopic (exact) mass is 330 g/mol. The summed E-state index contributed by atoms with van der Waals surface area (Å²) in [7, 11) is 0. The number of carbonyl (C=O) groups excluding carboxylic acids is 1. The van der Waals surface area contributed by atoms with Gasteiger partial charge in [0.2, 0.25) is 0 Å². The highest BCUT2D eigenvalue weighted by molar-refractivity contribution is 5.80. The van der Waals surface area contributed by atoms with Crippen molar-refractivity contribution in [2.75, 3.05) is 0 Å². The minimum atomic E-state index is -0.664. The fourth-order valence-corrected chi connectivity index (χ4v) is 5.59. The van der Waals surface area contributed by atoms with E-state index in [1.165, 1.54) is 11.1 Å². The van der Waals surface area contributed by atoms with Gasteiger partial charge in [0.25, 0.3) is 0 Å². The number of esters is 1. The van der Waals surface area contributed by atoms with Crippen LogP contribution in [0.25, 0.3) is 0 Å². The predicted molar refractivity (Wildman–Crippen MR) is 96.9 cm³/mol. The van der Waals surface area contributed by atoms with E-state index in [-0.39, 0.29) is 17.8 Å². The second kappa shape index (κ2) is 5.08. The van der Waals surface area contributed by atoms with Crippen LogP contribution in [0.5, 0.6) is 0 Å². The van der Waals surface area contributed by atoms with Crippen LogP contribution in [-0.4, -0.2) is 5.97 Å². The van der Waals surface area contributed by atoms with Crippen molar-refractivity contribution in [2.24, 2.45) is 23.7 Å². The number of ether oxygens (including phenoxy) is 1. The van der Waals surface area contributed by atoms with Gasteiger partial charge in [-0.15, -0.1) is 0 Å². The molecule has 3 aliphatic rings. The van der Waals surface area contributed by atoms with Gasteiger partial charge in [-0.2, -0.15) is 0 Å². The molecule has 1 aliphatic heterocycles. The van der Waals surface area contributed by atoms with Crippen LogP contribution in [0.15, 0.2) is 60.7 Å². The molecular formula is C23H22O2. The van der Waals surface area contributed by atoms with Crippen molar-refractivity contribution in [2.45, 2.75) is 25.9 Å². The van der Waals surface area contributed by atoms with Gasteiger partial charge in [0.15, 0.2) is 5.60 Å². The van der Waals surface area contributed by atoms with Crippen LogP contribution < -0.4 is 0 Å². The standard InChI is InChI=1S/C23H22O2/c1-14-7-3-5-9-18(14)23(19-10-6-4-8-15(19)2)21-17-12-11-16(13-17)20(21)22(24)25-23/h3-12,16-17,20-21H,13H2,1-2H3/t16-,17+,20+,21-/m0/s1. The molecule has 25 heavy (non-hydrogen) atoms. The van der Waals surface area contributed by atoms with Crippen molar-refractivity contribution >= 4 is 5.97 Å². The normalized spacial score (nSPS) is 31.2. The minimum absolute atomic E-state index is 0.00536. The molecule has 1 heterocycles. The van der Waals surface area contributed by atoms with E-state index in [1.54, 1.807) is 0 Å². The maximum absolute atomic E-state index is 13.0. The van der Waals surface area contributed by atoms with Crippen LogP contribution in [0.3, 0.4) is 0 Å². The first-order valence-electron chi connectivity index (χ1n) is 9.16. The molecule has 1 saturated carbocycles. The number of fused-ring (bicyclic) bond motifs is 5. The molecule has 2 heteroatoms. The molecule has 2 aromatic carbocycles. The van der Waals surface area contributed by atoms with E-state index in [2.05, 4.69) is 74.5 Å². The van der Waals surface area contributed by atoms with Crippen LogP contribution in [0.1, 0.15) is 28.7 Å². The van der Waals surface area contributed by atoms with E-state index in [4.69, 9.17) is 4.74 Å². The van der Waals surface area contributed by atoms with Gasteiger partial charge in [-0.25, -0.2) is 0 Å². The second-order valence-corrected chi connectivity index (χ2v) is 7.79. The SMILES string of the molecule is Cc1ccccc1C1(c2ccccc2C)OC(=O)[C@H]2[C@@H]1[C@@H]1C=C[C@H]2C1. The van der Waals surface area contributed by atoms with Crippen molar-refractivity contribution in [1.29, 1.82) is 0 Å². The van der Waals surface area contributed by atoms with Gasteiger partial charge < -0.3 is 4.74 Å². The van der Waals surface area contributed by atoms with Crippen LogP contribution >= 0.6 is 0 Å². The summed E-state index contributed by atoms with van der Waals surface area (Å²) in [6.45, 7) is 4.25. The fraction of sp³-hybridized carbons (Fsp3) is 0.348.